The number of piperidine rings is 1. The minimum atomic E-state index is -3.81. The molecule has 0 bridgehead atoms. The number of halogens is 3. The van der Waals surface area contributed by atoms with Gasteiger partial charge in [-0.25, -0.2) is 12.8 Å². The van der Waals surface area contributed by atoms with Crippen LogP contribution in [0.2, 0.25) is 5.02 Å². The van der Waals surface area contributed by atoms with E-state index in [1.807, 2.05) is 6.92 Å². The lowest BCUT2D eigenvalue weighted by atomic mass is 9.98. The first-order valence-electron chi connectivity index (χ1n) is 7.11. The average molecular weight is 371 g/mol. The van der Waals surface area contributed by atoms with Gasteiger partial charge in [-0.1, -0.05) is 24.6 Å². The number of benzene rings is 1. The third kappa shape index (κ3) is 4.32. The van der Waals surface area contributed by atoms with Gasteiger partial charge in [0.05, 0.1) is 5.02 Å². The topological polar surface area (TPSA) is 49.4 Å². The largest absolute Gasteiger partial charge is 0.317 e. The van der Waals surface area contributed by atoms with Gasteiger partial charge in [-0.15, -0.1) is 12.4 Å². The van der Waals surface area contributed by atoms with Crippen molar-refractivity contribution < 1.29 is 12.8 Å². The van der Waals surface area contributed by atoms with Gasteiger partial charge in [-0.2, -0.15) is 4.31 Å². The van der Waals surface area contributed by atoms with Crippen molar-refractivity contribution in [2.45, 2.75) is 24.7 Å². The van der Waals surface area contributed by atoms with Gasteiger partial charge in [0.25, 0.3) is 0 Å². The number of nitrogens with zero attached hydrogens (tertiary/aromatic N) is 1. The smallest absolute Gasteiger partial charge is 0.246 e. The van der Waals surface area contributed by atoms with Crippen LogP contribution < -0.4 is 5.32 Å². The van der Waals surface area contributed by atoms with E-state index in [-0.39, 0.29) is 22.3 Å². The number of sulfonamides is 1. The summed E-state index contributed by atoms with van der Waals surface area (Å²) in [4.78, 5) is -0.333. The zero-order chi connectivity index (χ0) is 15.5. The predicted molar refractivity (Wildman–Crippen MR) is 88.7 cm³/mol. The fourth-order valence-corrected chi connectivity index (χ4v) is 4.31. The molecular weight excluding hydrogens is 350 g/mol. The van der Waals surface area contributed by atoms with E-state index in [0.29, 0.717) is 19.0 Å². The maximum atomic E-state index is 13.9. The Morgan fingerprint density at radius 3 is 2.59 bits per heavy atom. The predicted octanol–water partition coefficient (Wildman–Crippen LogP) is 2.91. The van der Waals surface area contributed by atoms with E-state index >= 15 is 0 Å². The van der Waals surface area contributed by atoms with Crippen LogP contribution in [0.4, 0.5) is 4.39 Å². The summed E-state index contributed by atoms with van der Waals surface area (Å²) in [6.45, 7) is 4.69. The molecule has 0 aromatic heterocycles. The molecule has 1 heterocycles. The molecule has 1 aliphatic heterocycles. The molecule has 0 unspecified atom stereocenters. The Labute approximate surface area is 142 Å². The van der Waals surface area contributed by atoms with Gasteiger partial charge in [-0.3, -0.25) is 0 Å². The second-order valence-electron chi connectivity index (χ2n) is 5.21. The summed E-state index contributed by atoms with van der Waals surface area (Å²) >= 11 is 5.67. The van der Waals surface area contributed by atoms with Crippen molar-refractivity contribution >= 4 is 34.0 Å². The quantitative estimate of drug-likeness (QED) is 0.866. The monoisotopic (exact) mass is 370 g/mol. The molecule has 8 heteroatoms. The summed E-state index contributed by atoms with van der Waals surface area (Å²) in [7, 11) is -3.81. The molecule has 0 spiro atoms. The van der Waals surface area contributed by atoms with Crippen molar-refractivity contribution in [3.05, 3.63) is 29.0 Å². The number of rotatable bonds is 5. The lowest BCUT2D eigenvalue weighted by Gasteiger charge is -2.31. The standard InChI is InChI=1S/C14H20ClFN2O2S.ClH/c1-2-17-10-11-6-8-18(9-7-11)21(19,20)13-5-3-4-12(15)14(13)16;/h3-5,11,17H,2,6-10H2,1H3;1H. The molecule has 1 saturated heterocycles. The molecule has 1 aromatic rings. The fraction of sp³-hybridized carbons (Fsp3) is 0.571. The van der Waals surface area contributed by atoms with Crippen LogP contribution in [0.15, 0.2) is 23.1 Å². The van der Waals surface area contributed by atoms with Gasteiger partial charge in [-0.05, 0) is 44.0 Å². The van der Waals surface area contributed by atoms with Gasteiger partial charge in [0.2, 0.25) is 10.0 Å². The van der Waals surface area contributed by atoms with E-state index < -0.39 is 15.8 Å². The highest BCUT2D eigenvalue weighted by Gasteiger charge is 2.31. The van der Waals surface area contributed by atoms with Crippen LogP contribution in [-0.4, -0.2) is 38.9 Å². The SMILES string of the molecule is CCNCC1CCN(S(=O)(=O)c2cccc(Cl)c2F)CC1.Cl. The number of hydrogen-bond donors (Lipinski definition) is 1. The zero-order valence-electron chi connectivity index (χ0n) is 12.4. The number of nitrogens with one attached hydrogen (secondary N) is 1. The first-order valence-corrected chi connectivity index (χ1v) is 8.93. The molecule has 0 amide bonds. The molecule has 4 nitrogen and oxygen atoms in total. The lowest BCUT2D eigenvalue weighted by molar-refractivity contribution is 0.268. The van der Waals surface area contributed by atoms with Crippen LogP contribution in [0.5, 0.6) is 0 Å². The minimum absolute atomic E-state index is 0. The van der Waals surface area contributed by atoms with Crippen LogP contribution in [0.3, 0.4) is 0 Å². The van der Waals surface area contributed by atoms with E-state index in [1.165, 1.54) is 22.5 Å². The summed E-state index contributed by atoms with van der Waals surface area (Å²) < 4.78 is 40.3. The fourth-order valence-electron chi connectivity index (χ4n) is 2.52. The average Bonchev–Trinajstić information content (AvgIpc) is 2.48. The van der Waals surface area contributed by atoms with Crippen LogP contribution in [0.1, 0.15) is 19.8 Å². The Hall–Kier alpha value is -0.400. The van der Waals surface area contributed by atoms with Crippen molar-refractivity contribution in [2.75, 3.05) is 26.2 Å². The summed E-state index contributed by atoms with van der Waals surface area (Å²) in [5, 5.41) is 3.11. The van der Waals surface area contributed by atoms with Crippen LogP contribution in [0, 0.1) is 11.7 Å². The molecule has 1 fully saturated rings. The van der Waals surface area contributed by atoms with Gasteiger partial charge < -0.3 is 5.32 Å². The highest BCUT2D eigenvalue weighted by Crippen LogP contribution is 2.27. The summed E-state index contributed by atoms with van der Waals surface area (Å²) in [6.07, 6.45) is 1.57. The van der Waals surface area contributed by atoms with Gasteiger partial charge in [0.15, 0.2) is 5.82 Å². The van der Waals surface area contributed by atoms with Gasteiger partial charge in [0.1, 0.15) is 4.90 Å². The summed E-state index contributed by atoms with van der Waals surface area (Å²) in [5.74, 6) is -0.394. The molecule has 126 valence electrons. The highest BCUT2D eigenvalue weighted by atomic mass is 35.5. The molecule has 1 N–H and O–H groups in total. The summed E-state index contributed by atoms with van der Waals surface area (Å²) in [6, 6.07) is 4.07. The minimum Gasteiger partial charge on any atom is -0.317 e. The molecular formula is C14H21Cl2FN2O2S. The van der Waals surface area contributed by atoms with Crippen molar-refractivity contribution in [1.82, 2.24) is 9.62 Å². The Morgan fingerprint density at radius 1 is 1.36 bits per heavy atom. The molecule has 2 rings (SSSR count). The third-order valence-corrected chi connectivity index (χ3v) is 6.00. The van der Waals surface area contributed by atoms with E-state index in [1.54, 1.807) is 0 Å². The van der Waals surface area contributed by atoms with E-state index in [0.717, 1.165) is 25.9 Å². The molecule has 0 atom stereocenters. The van der Waals surface area contributed by atoms with Crippen molar-refractivity contribution in [3.63, 3.8) is 0 Å². The van der Waals surface area contributed by atoms with E-state index in [4.69, 9.17) is 11.6 Å². The van der Waals surface area contributed by atoms with E-state index in [2.05, 4.69) is 5.32 Å². The second kappa shape index (κ2) is 8.45. The maximum Gasteiger partial charge on any atom is 0.246 e. The van der Waals surface area contributed by atoms with Gasteiger partial charge in [0, 0.05) is 13.1 Å². The third-order valence-electron chi connectivity index (χ3n) is 3.79. The normalized spacial score (nSPS) is 17.2. The van der Waals surface area contributed by atoms with E-state index in [9.17, 15) is 12.8 Å². The van der Waals surface area contributed by atoms with Crippen LogP contribution in [-0.2, 0) is 10.0 Å². The maximum absolute atomic E-state index is 13.9. The number of hydrogen-bond acceptors (Lipinski definition) is 3. The second-order valence-corrected chi connectivity index (χ2v) is 7.52. The Morgan fingerprint density at radius 2 is 2.00 bits per heavy atom. The molecule has 22 heavy (non-hydrogen) atoms. The lowest BCUT2D eigenvalue weighted by Crippen LogP contribution is -2.41. The molecule has 0 radical (unpaired) electrons. The van der Waals surface area contributed by atoms with Crippen molar-refractivity contribution in [3.8, 4) is 0 Å². The van der Waals surface area contributed by atoms with Crippen molar-refractivity contribution in [2.24, 2.45) is 5.92 Å². The molecule has 1 aliphatic rings. The van der Waals surface area contributed by atoms with Crippen LogP contribution >= 0.6 is 24.0 Å². The molecule has 0 saturated carbocycles. The van der Waals surface area contributed by atoms with Crippen molar-refractivity contribution in [1.29, 1.82) is 0 Å². The Balaban J connectivity index is 0.00000242. The van der Waals surface area contributed by atoms with Crippen LogP contribution in [0.25, 0.3) is 0 Å². The Kier molecular flexibility index (Phi) is 7.55. The Bertz CT molecular complexity index is 591. The molecule has 1 aromatic carbocycles. The highest BCUT2D eigenvalue weighted by molar-refractivity contribution is 7.89. The summed E-state index contributed by atoms with van der Waals surface area (Å²) in [5.41, 5.74) is 0. The first kappa shape index (κ1) is 19.6. The first-order chi connectivity index (χ1) is 9.96. The zero-order valence-corrected chi connectivity index (χ0v) is 14.8. The molecule has 0 aliphatic carbocycles. The van der Waals surface area contributed by atoms with Gasteiger partial charge >= 0.3 is 0 Å².